The number of alkyl halides is 6. The molecule has 0 heterocycles. The number of ether oxygens (including phenoxy) is 1. The van der Waals surface area contributed by atoms with Crippen LogP contribution in [0.1, 0.15) is 10.4 Å². The molecule has 0 aliphatic heterocycles. The van der Waals surface area contributed by atoms with Gasteiger partial charge >= 0.3 is 23.9 Å². The van der Waals surface area contributed by atoms with Crippen molar-refractivity contribution in [3.8, 4) is 0 Å². The van der Waals surface area contributed by atoms with Crippen molar-refractivity contribution in [2.45, 2.75) is 18.0 Å². The normalized spacial score (nSPS) is 13.6. The second-order valence-corrected chi connectivity index (χ2v) is 6.48. The minimum atomic E-state index is -6.39. The lowest BCUT2D eigenvalue weighted by Gasteiger charge is -2.35. The van der Waals surface area contributed by atoms with E-state index in [1.54, 1.807) is 0 Å². The van der Waals surface area contributed by atoms with E-state index in [1.165, 1.54) is 13.9 Å². The molecular formula is C11H10BF6NO5S. The third kappa shape index (κ3) is 4.57. The monoisotopic (exact) mass is 393 g/mol. The number of hydrogen-bond acceptors (Lipinski definition) is 5. The molecule has 0 spiro atoms. The highest BCUT2D eigenvalue weighted by molar-refractivity contribution is 7.85. The lowest BCUT2D eigenvalue weighted by molar-refractivity contribution is -0.356. The van der Waals surface area contributed by atoms with Crippen molar-refractivity contribution in [1.29, 1.82) is 0 Å². The summed E-state index contributed by atoms with van der Waals surface area (Å²) < 4.78 is 112. The summed E-state index contributed by atoms with van der Waals surface area (Å²) in [5.74, 6) is -5.11. The maximum absolute atomic E-state index is 13.1. The fourth-order valence-electron chi connectivity index (χ4n) is 1.79. The predicted octanol–water partition coefficient (Wildman–Crippen LogP) is 0.435. The summed E-state index contributed by atoms with van der Waals surface area (Å²) in [4.78, 5) is 11.8. The van der Waals surface area contributed by atoms with E-state index in [4.69, 9.17) is 10.3 Å². The van der Waals surface area contributed by atoms with E-state index >= 15 is 0 Å². The molecular weight excluding hydrogens is 383 g/mol. The van der Waals surface area contributed by atoms with E-state index in [2.05, 4.69) is 4.74 Å². The minimum Gasteiger partial charge on any atom is -0.435 e. The smallest absolute Gasteiger partial charge is 0.435 e. The largest absolute Gasteiger partial charge is 0.438 e. The molecule has 25 heavy (non-hydrogen) atoms. The van der Waals surface area contributed by atoms with Crippen molar-refractivity contribution in [2.24, 2.45) is 0 Å². The lowest BCUT2D eigenvalue weighted by Crippen LogP contribution is -2.63. The Bertz CT molecular complexity index is 762. The number of rotatable bonds is 4. The zero-order valence-corrected chi connectivity index (χ0v) is 13.1. The van der Waals surface area contributed by atoms with Crippen LogP contribution in [0, 0.1) is 0 Å². The molecule has 140 valence electrons. The van der Waals surface area contributed by atoms with Gasteiger partial charge in [0.25, 0.3) is 10.1 Å². The maximum atomic E-state index is 13.1. The average Bonchev–Trinajstić information content (AvgIpc) is 2.36. The number of halogens is 6. The summed E-state index contributed by atoms with van der Waals surface area (Å²) in [6.45, 7) is 0. The standard InChI is InChI=1S/C11H10BF6NO5S/c12-5-1-2-7(19)6(3-5)8(20)24-9(10(13,14)15,11(16,17)18)4-25(21,22)23/h1-3H,4,12,19H2,(H,21,22,23). The van der Waals surface area contributed by atoms with E-state index < -0.39 is 51.0 Å². The molecule has 0 saturated heterocycles. The molecule has 0 aromatic heterocycles. The van der Waals surface area contributed by atoms with Crippen LogP contribution in [-0.2, 0) is 14.9 Å². The summed E-state index contributed by atoms with van der Waals surface area (Å²) in [5, 5.41) is 0. The van der Waals surface area contributed by atoms with Gasteiger partial charge in [0, 0.05) is 5.69 Å². The van der Waals surface area contributed by atoms with Crippen LogP contribution in [0.15, 0.2) is 18.2 Å². The SMILES string of the molecule is Bc1ccc(N)c(C(=O)OC(CS(=O)(=O)O)(C(F)(F)F)C(F)(F)F)c1. The van der Waals surface area contributed by atoms with Gasteiger partial charge in [0.05, 0.1) is 5.56 Å². The molecule has 1 rings (SSSR count). The van der Waals surface area contributed by atoms with Crippen LogP contribution >= 0.6 is 0 Å². The van der Waals surface area contributed by atoms with Crippen LogP contribution in [0.3, 0.4) is 0 Å². The number of esters is 1. The van der Waals surface area contributed by atoms with Gasteiger partial charge in [-0.25, -0.2) is 4.79 Å². The van der Waals surface area contributed by atoms with E-state index in [-0.39, 0.29) is 5.46 Å². The quantitative estimate of drug-likeness (QED) is 0.253. The van der Waals surface area contributed by atoms with Crippen LogP contribution in [0.2, 0.25) is 0 Å². The van der Waals surface area contributed by atoms with Crippen molar-refractivity contribution >= 4 is 35.1 Å². The number of carbonyl (C=O) groups excluding carboxylic acids is 1. The molecule has 0 amide bonds. The van der Waals surface area contributed by atoms with E-state index in [9.17, 15) is 39.6 Å². The van der Waals surface area contributed by atoms with Crippen LogP contribution in [0.25, 0.3) is 0 Å². The molecule has 0 aliphatic carbocycles. The van der Waals surface area contributed by atoms with Crippen molar-refractivity contribution in [3.63, 3.8) is 0 Å². The first-order valence-electron chi connectivity index (χ1n) is 6.18. The molecule has 14 heteroatoms. The average molecular weight is 393 g/mol. The topological polar surface area (TPSA) is 107 Å². The Morgan fingerprint density at radius 1 is 1.16 bits per heavy atom. The Kier molecular flexibility index (Phi) is 5.40. The first-order valence-corrected chi connectivity index (χ1v) is 7.79. The lowest BCUT2D eigenvalue weighted by atomic mass is 9.93. The van der Waals surface area contributed by atoms with Crippen LogP contribution in [0.5, 0.6) is 0 Å². The third-order valence-corrected chi connectivity index (χ3v) is 3.77. The number of carbonyl (C=O) groups is 1. The summed E-state index contributed by atoms with van der Waals surface area (Å²) in [6, 6.07) is 3.23. The number of nitrogen functional groups attached to an aromatic ring is 1. The van der Waals surface area contributed by atoms with E-state index in [0.29, 0.717) is 0 Å². The van der Waals surface area contributed by atoms with Gasteiger partial charge in [-0.2, -0.15) is 34.8 Å². The molecule has 0 bridgehead atoms. The van der Waals surface area contributed by atoms with Crippen molar-refractivity contribution < 1.29 is 48.8 Å². The van der Waals surface area contributed by atoms with Crippen LogP contribution in [-0.4, -0.2) is 50.5 Å². The van der Waals surface area contributed by atoms with Crippen LogP contribution < -0.4 is 11.2 Å². The maximum Gasteiger partial charge on any atom is 0.438 e. The number of anilines is 1. The fraction of sp³-hybridized carbons (Fsp3) is 0.364. The third-order valence-electron chi connectivity index (χ3n) is 3.00. The summed E-state index contributed by atoms with van der Waals surface area (Å²) in [7, 11) is -4.47. The molecule has 0 saturated carbocycles. The second kappa shape index (κ2) is 6.40. The minimum absolute atomic E-state index is 0.264. The first-order chi connectivity index (χ1) is 11.0. The van der Waals surface area contributed by atoms with Gasteiger partial charge in [-0.3, -0.25) is 4.55 Å². The van der Waals surface area contributed by atoms with Gasteiger partial charge in [-0.15, -0.1) is 0 Å². The summed E-state index contributed by atoms with van der Waals surface area (Å²) in [6.07, 6.45) is -12.8. The van der Waals surface area contributed by atoms with Gasteiger partial charge in [0.2, 0.25) is 0 Å². The first kappa shape index (κ1) is 21.1. The van der Waals surface area contributed by atoms with Gasteiger partial charge in [0.1, 0.15) is 13.6 Å². The zero-order chi connectivity index (χ0) is 19.8. The highest BCUT2D eigenvalue weighted by Gasteiger charge is 2.76. The molecule has 0 unspecified atom stereocenters. The predicted molar refractivity (Wildman–Crippen MR) is 75.7 cm³/mol. The van der Waals surface area contributed by atoms with Crippen molar-refractivity contribution in [3.05, 3.63) is 23.8 Å². The second-order valence-electron chi connectivity index (χ2n) is 5.03. The Balaban J connectivity index is 3.53. The highest BCUT2D eigenvalue weighted by Crippen LogP contribution is 2.47. The summed E-state index contributed by atoms with van der Waals surface area (Å²) >= 11 is 0. The molecule has 0 fully saturated rings. The van der Waals surface area contributed by atoms with E-state index in [0.717, 1.165) is 12.1 Å². The van der Waals surface area contributed by atoms with E-state index in [1.807, 2.05) is 0 Å². The molecule has 0 atom stereocenters. The Labute approximate surface area is 138 Å². The number of nitrogens with two attached hydrogens (primary N) is 1. The zero-order valence-electron chi connectivity index (χ0n) is 12.3. The number of hydrogen-bond donors (Lipinski definition) is 2. The van der Waals surface area contributed by atoms with Gasteiger partial charge in [0.15, 0.2) is 0 Å². The Morgan fingerprint density at radius 2 is 1.64 bits per heavy atom. The van der Waals surface area contributed by atoms with Gasteiger partial charge < -0.3 is 10.5 Å². The molecule has 0 aliphatic rings. The van der Waals surface area contributed by atoms with Crippen LogP contribution in [0.4, 0.5) is 32.0 Å². The summed E-state index contributed by atoms with van der Waals surface area (Å²) in [5.41, 5.74) is -1.19. The van der Waals surface area contributed by atoms with Crippen molar-refractivity contribution in [2.75, 3.05) is 11.5 Å². The molecule has 1 aromatic rings. The number of benzene rings is 1. The molecule has 6 nitrogen and oxygen atoms in total. The van der Waals surface area contributed by atoms with Crippen molar-refractivity contribution in [1.82, 2.24) is 0 Å². The molecule has 3 N–H and O–H groups in total. The Morgan fingerprint density at radius 3 is 2.04 bits per heavy atom. The fourth-order valence-corrected chi connectivity index (χ4v) is 2.69. The molecule has 1 aromatic carbocycles. The molecule has 0 radical (unpaired) electrons. The van der Waals surface area contributed by atoms with Gasteiger partial charge in [-0.05, 0) is 6.07 Å². The highest BCUT2D eigenvalue weighted by atomic mass is 32.2. The van der Waals surface area contributed by atoms with Gasteiger partial charge in [-0.1, -0.05) is 17.6 Å². The Hall–Kier alpha value is -1.96.